The van der Waals surface area contributed by atoms with Gasteiger partial charge in [0.15, 0.2) is 0 Å². The summed E-state index contributed by atoms with van der Waals surface area (Å²) in [6.07, 6.45) is 1.38. The fraction of sp³-hybridized carbons (Fsp3) is 0.300. The largest absolute Gasteiger partial charge is 0.338 e. The zero-order valence-corrected chi connectivity index (χ0v) is 14.6. The first-order valence-electron chi connectivity index (χ1n) is 8.60. The van der Waals surface area contributed by atoms with E-state index in [1.54, 1.807) is 0 Å². The van der Waals surface area contributed by atoms with E-state index < -0.39 is 0 Å². The number of aryl methyl sites for hydroxylation is 1. The van der Waals surface area contributed by atoms with Crippen molar-refractivity contribution in [1.29, 1.82) is 0 Å². The molecule has 5 nitrogen and oxygen atoms in total. The Morgan fingerprint density at radius 1 is 1.08 bits per heavy atom. The van der Waals surface area contributed by atoms with Gasteiger partial charge in [0.1, 0.15) is 0 Å². The van der Waals surface area contributed by atoms with Gasteiger partial charge in [-0.1, -0.05) is 31.2 Å². The lowest BCUT2D eigenvalue weighted by molar-refractivity contribution is -0.131. The van der Waals surface area contributed by atoms with Crippen molar-refractivity contribution >= 4 is 23.3 Å². The van der Waals surface area contributed by atoms with Crippen LogP contribution in [-0.4, -0.2) is 23.4 Å². The Balaban J connectivity index is 1.69. The summed E-state index contributed by atoms with van der Waals surface area (Å²) in [6, 6.07) is 13.3. The van der Waals surface area contributed by atoms with Crippen LogP contribution in [0.2, 0.25) is 0 Å². The Kier molecular flexibility index (Phi) is 5.03. The van der Waals surface area contributed by atoms with E-state index >= 15 is 0 Å². The fourth-order valence-electron chi connectivity index (χ4n) is 3.07. The number of fused-ring (bicyclic) bond motifs is 1. The van der Waals surface area contributed by atoms with Gasteiger partial charge in [-0.2, -0.15) is 0 Å². The van der Waals surface area contributed by atoms with Crippen molar-refractivity contribution in [3.8, 4) is 0 Å². The smallest absolute Gasteiger partial charge is 0.323 e. The summed E-state index contributed by atoms with van der Waals surface area (Å²) in [4.78, 5) is 26.0. The highest BCUT2D eigenvalue weighted by Crippen LogP contribution is 2.23. The third kappa shape index (κ3) is 3.99. The van der Waals surface area contributed by atoms with Crippen molar-refractivity contribution in [3.05, 3.63) is 59.2 Å². The van der Waals surface area contributed by atoms with Crippen LogP contribution in [0, 0.1) is 6.92 Å². The van der Waals surface area contributed by atoms with E-state index in [9.17, 15) is 9.59 Å². The number of anilines is 2. The summed E-state index contributed by atoms with van der Waals surface area (Å²) < 4.78 is 0. The van der Waals surface area contributed by atoms with Gasteiger partial charge in [0, 0.05) is 30.9 Å². The molecule has 0 aliphatic carbocycles. The van der Waals surface area contributed by atoms with Crippen LogP contribution in [0.5, 0.6) is 0 Å². The Morgan fingerprint density at radius 2 is 1.88 bits per heavy atom. The molecular weight excluding hydrogens is 314 g/mol. The molecule has 2 aromatic carbocycles. The number of hydrogen-bond donors (Lipinski definition) is 2. The summed E-state index contributed by atoms with van der Waals surface area (Å²) in [5.74, 6) is 0.168. The van der Waals surface area contributed by atoms with Crippen molar-refractivity contribution in [2.24, 2.45) is 0 Å². The quantitative estimate of drug-likeness (QED) is 0.891. The first-order valence-corrected chi connectivity index (χ1v) is 8.60. The molecule has 2 aromatic rings. The van der Waals surface area contributed by atoms with E-state index in [-0.39, 0.29) is 11.9 Å². The summed E-state index contributed by atoms with van der Waals surface area (Å²) in [7, 11) is 0. The highest BCUT2D eigenvalue weighted by Gasteiger charge is 2.19. The van der Waals surface area contributed by atoms with Gasteiger partial charge in [-0.15, -0.1) is 0 Å². The predicted octanol–water partition coefficient (Wildman–Crippen LogP) is 3.93. The first-order chi connectivity index (χ1) is 12.1. The number of para-hydroxylation sites is 1. The summed E-state index contributed by atoms with van der Waals surface area (Å²) >= 11 is 0. The average Bonchev–Trinajstić information content (AvgIpc) is 2.62. The lowest BCUT2D eigenvalue weighted by Crippen LogP contribution is -2.35. The van der Waals surface area contributed by atoms with E-state index in [1.807, 2.05) is 61.2 Å². The number of amides is 3. The van der Waals surface area contributed by atoms with Crippen LogP contribution in [0.3, 0.4) is 0 Å². The number of rotatable bonds is 3. The van der Waals surface area contributed by atoms with E-state index in [0.29, 0.717) is 13.0 Å². The maximum atomic E-state index is 12.2. The van der Waals surface area contributed by atoms with Crippen LogP contribution < -0.4 is 10.6 Å². The molecule has 1 aliphatic heterocycles. The van der Waals surface area contributed by atoms with Crippen molar-refractivity contribution in [1.82, 2.24) is 4.90 Å². The monoisotopic (exact) mass is 337 g/mol. The number of hydrogen-bond acceptors (Lipinski definition) is 2. The van der Waals surface area contributed by atoms with Crippen molar-refractivity contribution < 1.29 is 9.59 Å². The lowest BCUT2D eigenvalue weighted by Gasteiger charge is -2.29. The number of carbonyl (C=O) groups is 2. The molecule has 0 unspecified atom stereocenters. The molecule has 2 N–H and O–H groups in total. The Labute approximate surface area is 148 Å². The molecule has 25 heavy (non-hydrogen) atoms. The number of nitrogens with zero attached hydrogens (tertiary/aromatic N) is 1. The van der Waals surface area contributed by atoms with Gasteiger partial charge in [-0.25, -0.2) is 4.79 Å². The molecule has 0 spiro atoms. The van der Waals surface area contributed by atoms with Gasteiger partial charge in [-0.05, 0) is 48.2 Å². The zero-order valence-electron chi connectivity index (χ0n) is 14.6. The van der Waals surface area contributed by atoms with E-state index in [1.165, 1.54) is 5.56 Å². The van der Waals surface area contributed by atoms with Gasteiger partial charge >= 0.3 is 6.03 Å². The molecule has 0 radical (unpaired) electrons. The fourth-order valence-corrected chi connectivity index (χ4v) is 3.07. The lowest BCUT2D eigenvalue weighted by atomic mass is 9.99. The maximum absolute atomic E-state index is 12.2. The van der Waals surface area contributed by atoms with Gasteiger partial charge in [0.2, 0.25) is 5.91 Å². The third-order valence-corrected chi connectivity index (χ3v) is 4.52. The predicted molar refractivity (Wildman–Crippen MR) is 99.7 cm³/mol. The third-order valence-electron chi connectivity index (χ3n) is 4.52. The molecule has 0 bridgehead atoms. The maximum Gasteiger partial charge on any atom is 0.323 e. The van der Waals surface area contributed by atoms with Gasteiger partial charge in [0.05, 0.1) is 0 Å². The average molecular weight is 337 g/mol. The number of urea groups is 1. The van der Waals surface area contributed by atoms with Crippen molar-refractivity contribution in [3.63, 3.8) is 0 Å². The van der Waals surface area contributed by atoms with Crippen LogP contribution in [0.15, 0.2) is 42.5 Å². The molecule has 0 atom stereocenters. The molecular formula is C20H23N3O2. The van der Waals surface area contributed by atoms with Crippen LogP contribution >= 0.6 is 0 Å². The highest BCUT2D eigenvalue weighted by atomic mass is 16.2. The Morgan fingerprint density at radius 3 is 2.64 bits per heavy atom. The van der Waals surface area contributed by atoms with Crippen LogP contribution in [-0.2, 0) is 17.8 Å². The molecule has 1 aliphatic rings. The number of benzene rings is 2. The van der Waals surface area contributed by atoms with Crippen molar-refractivity contribution in [2.75, 3.05) is 17.2 Å². The second-order valence-corrected chi connectivity index (χ2v) is 6.30. The zero-order chi connectivity index (χ0) is 17.8. The Hall–Kier alpha value is -2.82. The van der Waals surface area contributed by atoms with Gasteiger partial charge in [-0.3, -0.25) is 4.79 Å². The minimum absolute atomic E-state index is 0.168. The number of nitrogens with one attached hydrogen (secondary N) is 2. The molecule has 3 rings (SSSR count). The molecule has 130 valence electrons. The SMILES string of the molecule is CCC(=O)N1CCc2ccc(NC(=O)Nc3ccccc3C)cc2C1. The second kappa shape index (κ2) is 7.38. The summed E-state index contributed by atoms with van der Waals surface area (Å²) in [5, 5.41) is 5.73. The number of carbonyl (C=O) groups excluding carboxylic acids is 2. The molecule has 0 aromatic heterocycles. The van der Waals surface area contributed by atoms with Crippen LogP contribution in [0.25, 0.3) is 0 Å². The van der Waals surface area contributed by atoms with E-state index in [2.05, 4.69) is 10.6 Å². The van der Waals surface area contributed by atoms with Gasteiger partial charge < -0.3 is 15.5 Å². The topological polar surface area (TPSA) is 61.4 Å². The molecule has 5 heteroatoms. The Bertz CT molecular complexity index is 801. The molecule has 0 saturated carbocycles. The summed E-state index contributed by atoms with van der Waals surface area (Å²) in [6.45, 7) is 5.21. The van der Waals surface area contributed by atoms with Crippen LogP contribution in [0.4, 0.5) is 16.2 Å². The van der Waals surface area contributed by atoms with E-state index in [0.717, 1.165) is 35.5 Å². The first kappa shape index (κ1) is 17.0. The van der Waals surface area contributed by atoms with Crippen LogP contribution in [0.1, 0.15) is 30.0 Å². The van der Waals surface area contributed by atoms with E-state index in [4.69, 9.17) is 0 Å². The molecule has 3 amide bonds. The standard InChI is InChI=1S/C20H23N3O2/c1-3-19(24)23-11-10-15-8-9-17(12-16(15)13-23)21-20(25)22-18-7-5-4-6-14(18)2/h4-9,12H,3,10-11,13H2,1-2H3,(H2,21,22,25). The molecule has 0 saturated heterocycles. The molecule has 1 heterocycles. The second-order valence-electron chi connectivity index (χ2n) is 6.30. The minimum Gasteiger partial charge on any atom is -0.338 e. The summed E-state index contributed by atoms with van der Waals surface area (Å²) in [5.41, 5.74) is 4.87. The van der Waals surface area contributed by atoms with Gasteiger partial charge in [0.25, 0.3) is 0 Å². The minimum atomic E-state index is -0.272. The highest BCUT2D eigenvalue weighted by molar-refractivity contribution is 6.00. The molecule has 0 fully saturated rings. The van der Waals surface area contributed by atoms with Crippen molar-refractivity contribution in [2.45, 2.75) is 33.2 Å². The normalized spacial score (nSPS) is 13.1.